The van der Waals surface area contributed by atoms with Crippen molar-refractivity contribution in [2.75, 3.05) is 20.2 Å². The third kappa shape index (κ3) is 4.90. The number of rotatable bonds is 7. The predicted molar refractivity (Wildman–Crippen MR) is 121 cm³/mol. The molecule has 0 radical (unpaired) electrons. The van der Waals surface area contributed by atoms with Crippen molar-refractivity contribution in [2.24, 2.45) is 0 Å². The van der Waals surface area contributed by atoms with E-state index in [9.17, 15) is 14.0 Å². The number of ether oxygens (including phenoxy) is 1. The summed E-state index contributed by atoms with van der Waals surface area (Å²) in [5, 5.41) is 3.84. The predicted octanol–water partition coefficient (Wildman–Crippen LogP) is 4.48. The first-order chi connectivity index (χ1) is 15.4. The third-order valence-electron chi connectivity index (χ3n) is 6.70. The van der Waals surface area contributed by atoms with Gasteiger partial charge < -0.3 is 15.0 Å². The molecule has 0 aliphatic carbocycles. The lowest BCUT2D eigenvalue weighted by atomic mass is 9.84. The van der Waals surface area contributed by atoms with E-state index in [4.69, 9.17) is 16.3 Å². The quantitative estimate of drug-likeness (QED) is 0.665. The zero-order chi connectivity index (χ0) is 22.7. The summed E-state index contributed by atoms with van der Waals surface area (Å²) in [6.45, 7) is 1.38. The second-order valence-corrected chi connectivity index (χ2v) is 9.23. The molecule has 2 heterocycles. The normalized spacial score (nSPS) is 22.8. The number of benzene rings is 2. The Labute approximate surface area is 192 Å². The molecule has 0 bridgehead atoms. The molecule has 0 aromatic heterocycles. The summed E-state index contributed by atoms with van der Waals surface area (Å²) in [6.07, 6.45) is 3.42. The fourth-order valence-electron chi connectivity index (χ4n) is 4.94. The Balaban J connectivity index is 1.40. The van der Waals surface area contributed by atoms with Crippen molar-refractivity contribution in [3.05, 3.63) is 64.4 Å². The molecule has 2 aliphatic heterocycles. The van der Waals surface area contributed by atoms with Crippen LogP contribution < -0.4 is 10.1 Å². The van der Waals surface area contributed by atoms with E-state index in [1.54, 1.807) is 12.1 Å². The Kier molecular flexibility index (Phi) is 6.70. The highest BCUT2D eigenvalue weighted by Crippen LogP contribution is 2.34. The van der Waals surface area contributed by atoms with Crippen molar-refractivity contribution in [3.8, 4) is 5.75 Å². The average Bonchev–Trinajstić information content (AvgIpc) is 3.41. The molecule has 0 saturated carbocycles. The van der Waals surface area contributed by atoms with Crippen LogP contribution in [0.15, 0.2) is 42.5 Å². The molecule has 2 fully saturated rings. The summed E-state index contributed by atoms with van der Waals surface area (Å²) in [4.78, 5) is 27.0. The highest BCUT2D eigenvalue weighted by atomic mass is 35.5. The summed E-state index contributed by atoms with van der Waals surface area (Å²) >= 11 is 6.34. The Morgan fingerprint density at radius 1 is 1.31 bits per heavy atom. The van der Waals surface area contributed by atoms with Gasteiger partial charge in [0.15, 0.2) is 11.6 Å². The molecule has 2 atom stereocenters. The van der Waals surface area contributed by atoms with E-state index in [0.29, 0.717) is 45.2 Å². The molecule has 2 aliphatic rings. The van der Waals surface area contributed by atoms with Gasteiger partial charge in [-0.1, -0.05) is 35.9 Å². The molecule has 5 nitrogen and oxygen atoms in total. The number of amides is 2. The van der Waals surface area contributed by atoms with Gasteiger partial charge in [-0.25, -0.2) is 4.39 Å². The van der Waals surface area contributed by atoms with Crippen molar-refractivity contribution in [1.29, 1.82) is 0 Å². The van der Waals surface area contributed by atoms with Gasteiger partial charge in [-0.15, -0.1) is 0 Å². The number of carbonyl (C=O) groups excluding carboxylic acids is 2. The first kappa shape index (κ1) is 22.6. The smallest absolute Gasteiger partial charge is 0.222 e. The zero-order valence-corrected chi connectivity index (χ0v) is 19.0. The van der Waals surface area contributed by atoms with Crippen LogP contribution in [0.2, 0.25) is 5.02 Å². The number of methoxy groups -OCH3 is 1. The summed E-state index contributed by atoms with van der Waals surface area (Å²) in [6, 6.07) is 12.6. The lowest BCUT2D eigenvalue weighted by Crippen LogP contribution is -2.44. The Morgan fingerprint density at radius 3 is 2.84 bits per heavy atom. The Hall–Kier alpha value is -2.60. The zero-order valence-electron chi connectivity index (χ0n) is 18.2. The molecule has 0 unspecified atom stereocenters. The van der Waals surface area contributed by atoms with Crippen LogP contribution in [0.1, 0.15) is 49.1 Å². The second kappa shape index (κ2) is 9.49. The minimum Gasteiger partial charge on any atom is -0.494 e. The molecule has 2 amide bonds. The van der Waals surface area contributed by atoms with E-state index in [2.05, 4.69) is 5.32 Å². The van der Waals surface area contributed by atoms with E-state index in [0.717, 1.165) is 22.6 Å². The Morgan fingerprint density at radius 2 is 2.12 bits per heavy atom. The van der Waals surface area contributed by atoms with Crippen molar-refractivity contribution in [1.82, 2.24) is 10.2 Å². The number of hydrogen-bond acceptors (Lipinski definition) is 3. The highest BCUT2D eigenvalue weighted by Gasteiger charge is 2.39. The van der Waals surface area contributed by atoms with E-state index in [-0.39, 0.29) is 23.5 Å². The molecule has 2 saturated heterocycles. The van der Waals surface area contributed by atoms with Gasteiger partial charge in [-0.2, -0.15) is 0 Å². The summed E-state index contributed by atoms with van der Waals surface area (Å²) in [7, 11) is 1.43. The molecule has 0 spiro atoms. The molecule has 1 N–H and O–H groups in total. The van der Waals surface area contributed by atoms with Gasteiger partial charge in [-0.3, -0.25) is 9.59 Å². The van der Waals surface area contributed by atoms with Crippen LogP contribution in [0.5, 0.6) is 5.75 Å². The van der Waals surface area contributed by atoms with Gasteiger partial charge >= 0.3 is 0 Å². The molecule has 2 aromatic carbocycles. The maximum absolute atomic E-state index is 13.8. The van der Waals surface area contributed by atoms with Crippen molar-refractivity contribution in [2.45, 2.75) is 50.0 Å². The van der Waals surface area contributed by atoms with Gasteiger partial charge in [0.1, 0.15) is 0 Å². The van der Waals surface area contributed by atoms with Gasteiger partial charge in [0.05, 0.1) is 7.11 Å². The summed E-state index contributed by atoms with van der Waals surface area (Å²) < 4.78 is 18.9. The third-order valence-corrected chi connectivity index (χ3v) is 7.04. The number of likely N-dealkylation sites (tertiary alicyclic amines) is 1. The van der Waals surface area contributed by atoms with E-state index in [1.165, 1.54) is 13.2 Å². The number of nitrogens with one attached hydrogen (secondary N) is 1. The maximum Gasteiger partial charge on any atom is 0.222 e. The minimum atomic E-state index is -0.503. The molecular formula is C25H28ClFN2O3. The first-order valence-corrected chi connectivity index (χ1v) is 11.4. The van der Waals surface area contributed by atoms with E-state index in [1.807, 2.05) is 29.2 Å². The van der Waals surface area contributed by atoms with Crippen molar-refractivity contribution >= 4 is 23.4 Å². The van der Waals surface area contributed by atoms with Gasteiger partial charge in [0, 0.05) is 42.4 Å². The van der Waals surface area contributed by atoms with Gasteiger partial charge in [-0.05, 0) is 55.0 Å². The first-order valence-electron chi connectivity index (χ1n) is 11.0. The Bertz CT molecular complexity index is 1010. The molecular weight excluding hydrogens is 431 g/mol. The van der Waals surface area contributed by atoms with Crippen molar-refractivity contribution < 1.29 is 18.7 Å². The van der Waals surface area contributed by atoms with Crippen LogP contribution in [0, 0.1) is 5.82 Å². The van der Waals surface area contributed by atoms with Crippen molar-refractivity contribution in [3.63, 3.8) is 0 Å². The average molecular weight is 459 g/mol. The molecule has 170 valence electrons. The van der Waals surface area contributed by atoms with Crippen LogP contribution in [0.25, 0.3) is 0 Å². The minimum absolute atomic E-state index is 0.00789. The van der Waals surface area contributed by atoms with Crippen LogP contribution >= 0.6 is 11.6 Å². The molecule has 7 heteroatoms. The number of halogens is 2. The van der Waals surface area contributed by atoms with Crippen LogP contribution in [0.3, 0.4) is 0 Å². The molecule has 2 aromatic rings. The van der Waals surface area contributed by atoms with Crippen LogP contribution in [-0.2, 0) is 16.0 Å². The lowest BCUT2D eigenvalue weighted by Gasteiger charge is -2.30. The van der Waals surface area contributed by atoms with Crippen LogP contribution in [0.4, 0.5) is 4.39 Å². The number of hydrogen-bond donors (Lipinski definition) is 1. The monoisotopic (exact) mass is 458 g/mol. The number of nitrogens with zero attached hydrogens (tertiary/aromatic N) is 1. The largest absolute Gasteiger partial charge is 0.494 e. The number of carbonyl (C=O) groups is 2. The van der Waals surface area contributed by atoms with Crippen LogP contribution in [-0.4, -0.2) is 42.5 Å². The summed E-state index contributed by atoms with van der Waals surface area (Å²) in [5.74, 6) is 0.0986. The van der Waals surface area contributed by atoms with E-state index < -0.39 is 11.4 Å². The maximum atomic E-state index is 13.8. The summed E-state index contributed by atoms with van der Waals surface area (Å²) in [5.41, 5.74) is 1.46. The standard InChI is InChI=1S/C25H28ClFN2O3/c1-32-22-14-17(6-7-21(22)27)15-25(11-8-23(30)28-25)12-9-24(31)29-13-10-18(16-29)19-4-2-3-5-20(19)26/h2-7,14,18H,8-13,15-16H2,1H3,(H,28,30)/t18-,25+/m1/s1. The lowest BCUT2D eigenvalue weighted by molar-refractivity contribution is -0.131. The van der Waals surface area contributed by atoms with E-state index >= 15 is 0 Å². The van der Waals surface area contributed by atoms with Gasteiger partial charge in [0.25, 0.3) is 0 Å². The second-order valence-electron chi connectivity index (χ2n) is 8.82. The highest BCUT2D eigenvalue weighted by molar-refractivity contribution is 6.31. The topological polar surface area (TPSA) is 58.6 Å². The molecule has 32 heavy (non-hydrogen) atoms. The SMILES string of the molecule is COc1cc(C[C@@]2(CCC(=O)N3CC[C@@H](c4ccccc4Cl)C3)CCC(=O)N2)ccc1F. The fourth-order valence-corrected chi connectivity index (χ4v) is 5.23. The molecule has 4 rings (SSSR count). The van der Waals surface area contributed by atoms with Gasteiger partial charge in [0.2, 0.25) is 11.8 Å². The fraction of sp³-hybridized carbons (Fsp3) is 0.440.